The molecule has 11 N–H and O–H groups in total. The van der Waals surface area contributed by atoms with Gasteiger partial charge in [-0.1, -0.05) is 26.0 Å². The van der Waals surface area contributed by atoms with Crippen LogP contribution >= 0.6 is 0 Å². The van der Waals surface area contributed by atoms with Crippen molar-refractivity contribution >= 4 is 79.0 Å². The van der Waals surface area contributed by atoms with E-state index in [9.17, 15) is 57.5 Å². The molecule has 3 atom stereocenters. The molecular formula is C61H69N11O13S. The lowest BCUT2D eigenvalue weighted by Crippen LogP contribution is -2.61. The molecule has 0 fully saturated rings. The van der Waals surface area contributed by atoms with E-state index in [1.54, 1.807) is 56.3 Å². The molecule has 1 unspecified atom stereocenters. The van der Waals surface area contributed by atoms with Crippen molar-refractivity contribution in [3.8, 4) is 28.2 Å². The minimum Gasteiger partial charge on any atom is -0.508 e. The number of hydrogen-bond donors (Lipinski definition) is 9. The lowest BCUT2D eigenvalue weighted by Gasteiger charge is -2.36. The zero-order valence-electron chi connectivity index (χ0n) is 48.3. The highest BCUT2D eigenvalue weighted by Gasteiger charge is 2.44. The molecule has 24 nitrogen and oxygen atoms in total. The molecule has 4 amide bonds. The smallest absolute Gasteiger partial charge is 0.336 e. The van der Waals surface area contributed by atoms with E-state index in [-0.39, 0.29) is 70.2 Å². The van der Waals surface area contributed by atoms with Crippen LogP contribution in [0.2, 0.25) is 0 Å². The first-order valence-corrected chi connectivity index (χ1v) is 29.0. The number of carbonyl (C=O) groups excluding carboxylic acids is 4. The maximum atomic E-state index is 14.8. The van der Waals surface area contributed by atoms with Gasteiger partial charge in [0, 0.05) is 77.7 Å². The highest BCUT2D eigenvalue weighted by Crippen LogP contribution is 2.43. The quantitative estimate of drug-likeness (QED) is 0.00750. The van der Waals surface area contributed by atoms with E-state index in [1.807, 2.05) is 31.1 Å². The Morgan fingerprint density at radius 2 is 1.42 bits per heavy atom. The summed E-state index contributed by atoms with van der Waals surface area (Å²) in [4.78, 5) is 94.6. The van der Waals surface area contributed by atoms with Gasteiger partial charge in [-0.25, -0.2) is 17.9 Å². The number of carbonyl (C=O) groups is 5. The fourth-order valence-electron chi connectivity index (χ4n) is 10.2. The third-order valence-corrected chi connectivity index (χ3v) is 15.9. The second-order valence-electron chi connectivity index (χ2n) is 21.5. The van der Waals surface area contributed by atoms with Crippen LogP contribution in [-0.2, 0) is 34.6 Å². The van der Waals surface area contributed by atoms with Gasteiger partial charge in [0.1, 0.15) is 35.2 Å². The van der Waals surface area contributed by atoms with Crippen molar-refractivity contribution in [3.05, 3.63) is 158 Å². The van der Waals surface area contributed by atoms with Gasteiger partial charge in [-0.15, -0.1) is 0 Å². The van der Waals surface area contributed by atoms with Crippen LogP contribution < -0.4 is 47.8 Å². The number of phenols is 1. The predicted molar refractivity (Wildman–Crippen MR) is 326 cm³/mol. The number of primary amides is 1. The maximum absolute atomic E-state index is 14.8. The molecular weight excluding hydrogens is 1130 g/mol. The topological polar surface area (TPSA) is 373 Å². The van der Waals surface area contributed by atoms with Crippen molar-refractivity contribution in [1.29, 1.82) is 0 Å². The van der Waals surface area contributed by atoms with Gasteiger partial charge in [0.2, 0.25) is 33.7 Å². The first-order valence-electron chi connectivity index (χ1n) is 27.5. The number of hydrogen-bond acceptors (Lipinski definition) is 17. The number of phenolic OH excluding ortho intramolecular Hbond substituents is 1. The van der Waals surface area contributed by atoms with Gasteiger partial charge in [-0.2, -0.15) is 10.2 Å². The van der Waals surface area contributed by atoms with Gasteiger partial charge in [0.25, 0.3) is 5.69 Å². The lowest BCUT2D eigenvalue weighted by molar-refractivity contribution is -0.386. The molecule has 2 aliphatic rings. The number of nitrogens with two attached hydrogens (primary N) is 2. The molecule has 5 aromatic carbocycles. The Kier molecular flexibility index (Phi) is 20.7. The van der Waals surface area contributed by atoms with Crippen LogP contribution in [0.1, 0.15) is 79.4 Å². The summed E-state index contributed by atoms with van der Waals surface area (Å²) in [6.07, 6.45) is 1.50. The van der Waals surface area contributed by atoms with E-state index in [4.69, 9.17) is 15.9 Å². The number of azo groups is 1. The van der Waals surface area contributed by atoms with E-state index in [1.165, 1.54) is 74.5 Å². The molecule has 1 aliphatic carbocycles. The zero-order chi connectivity index (χ0) is 62.6. The van der Waals surface area contributed by atoms with Crippen LogP contribution in [0.15, 0.2) is 140 Å². The van der Waals surface area contributed by atoms with E-state index >= 15 is 0 Å². The molecule has 0 aromatic heterocycles. The van der Waals surface area contributed by atoms with Crippen molar-refractivity contribution in [2.45, 2.75) is 94.7 Å². The normalized spacial score (nSPS) is 12.8. The Morgan fingerprint density at radius 1 is 0.779 bits per heavy atom. The number of rotatable bonds is 28. The number of aromatic carboxylic acids is 1. The number of amides is 4. The summed E-state index contributed by atoms with van der Waals surface area (Å²) in [5.41, 5.74) is 14.1. The summed E-state index contributed by atoms with van der Waals surface area (Å²) in [5.74, 6) is -4.78. The van der Waals surface area contributed by atoms with Crippen molar-refractivity contribution in [1.82, 2.24) is 20.7 Å². The molecule has 86 heavy (non-hydrogen) atoms. The van der Waals surface area contributed by atoms with Crippen LogP contribution in [-0.4, -0.2) is 105 Å². The molecule has 5 aromatic rings. The van der Waals surface area contributed by atoms with Gasteiger partial charge in [-0.05, 0) is 161 Å². The Bertz CT molecular complexity index is 3850. The highest BCUT2D eigenvalue weighted by atomic mass is 32.2. The number of fused-ring (bicyclic) bond motifs is 2. The molecule has 0 radical (unpaired) electrons. The number of carboxylic acid groups (broad SMARTS) is 1. The SMILES string of the molecule is Cc1cc(C)c(C(C)(C)C(NC(=O)CNS(=O)(=O)c2ccc(N=Nc3ccc(N(C)C)cc3)cc2)C(=O)N[C@@H](CCCCN)C(=O)N[C@@H](CCCCNc2ccc(-c3c4ccc(=O)cc-4oc4cc(O)ccc34)c(C(=O)O)c2)C(N)=O)c([N+](=O)[O-])c1. The molecule has 1 heterocycles. The van der Waals surface area contributed by atoms with Gasteiger partial charge >= 0.3 is 5.97 Å². The predicted octanol–water partition coefficient (Wildman–Crippen LogP) is 7.58. The number of nitro benzene ring substituents is 1. The number of anilines is 2. The number of benzene rings is 6. The minimum absolute atomic E-state index is 0.00730. The van der Waals surface area contributed by atoms with E-state index in [0.29, 0.717) is 75.9 Å². The second-order valence-corrected chi connectivity index (χ2v) is 23.3. The maximum Gasteiger partial charge on any atom is 0.336 e. The monoisotopic (exact) mass is 1200 g/mol. The Hall–Kier alpha value is -9.59. The Balaban J connectivity index is 1.04. The number of nitrogens with one attached hydrogen (secondary N) is 5. The Morgan fingerprint density at radius 3 is 2.06 bits per heavy atom. The number of unbranched alkanes of at least 4 members (excludes halogenated alkanes) is 2. The molecule has 0 saturated carbocycles. The summed E-state index contributed by atoms with van der Waals surface area (Å²) in [5, 5.41) is 53.2. The van der Waals surface area contributed by atoms with Crippen LogP contribution in [0, 0.1) is 24.0 Å². The molecule has 452 valence electrons. The number of nitrogens with zero attached hydrogens (tertiary/aromatic N) is 4. The number of nitro groups is 1. The third-order valence-electron chi connectivity index (χ3n) is 14.5. The average Bonchev–Trinajstić information content (AvgIpc) is 0.935. The number of carboxylic acids is 1. The summed E-state index contributed by atoms with van der Waals surface area (Å²) in [7, 11) is -0.547. The molecule has 1 aliphatic heterocycles. The van der Waals surface area contributed by atoms with Gasteiger partial charge in [0.05, 0.1) is 33.3 Å². The van der Waals surface area contributed by atoms with Gasteiger partial charge < -0.3 is 52.3 Å². The largest absolute Gasteiger partial charge is 0.508 e. The van der Waals surface area contributed by atoms with Crippen LogP contribution in [0.4, 0.5) is 28.4 Å². The standard InChI is InChI=1S/C61H69N11O13S/c1-35-29-36(2)55(50(30-35)72(81)82)61(3,4)56(68-53(75)34-65-86(83,84)43-22-15-38(16-23-43)70-69-37-13-18-40(19-14-37)71(5)6)59(78)67-49(12-7-9-27-62)58(77)66-48(57(63)76)11-8-10-28-64-39-17-24-44(47(31-39)60(79)80)54-45-25-20-41(73)32-51(45)85-52-33-42(74)21-26-46(52)54/h13-26,29-33,48-49,56,64-65,73H,7-12,27-28,34,62H2,1-6H3,(H2,63,76)(H,66,77)(H,67,78)(H,68,75)(H,79,80)/t48-,49-,56?/m0/s1. The molecule has 25 heteroatoms. The Labute approximate surface area is 496 Å². The summed E-state index contributed by atoms with van der Waals surface area (Å²) >= 11 is 0. The fraction of sp³-hybridized carbons (Fsp3) is 0.311. The van der Waals surface area contributed by atoms with E-state index in [2.05, 4.69) is 36.2 Å². The first-order chi connectivity index (χ1) is 40.8. The van der Waals surface area contributed by atoms with Crippen molar-refractivity contribution < 1.29 is 51.9 Å². The molecule has 0 spiro atoms. The van der Waals surface area contributed by atoms with Gasteiger partial charge in [0.15, 0.2) is 5.43 Å². The summed E-state index contributed by atoms with van der Waals surface area (Å²) < 4.78 is 35.2. The molecule has 7 rings (SSSR count). The lowest BCUT2D eigenvalue weighted by atomic mass is 9.74. The summed E-state index contributed by atoms with van der Waals surface area (Å²) in [6.45, 7) is 5.90. The minimum atomic E-state index is -4.35. The highest BCUT2D eigenvalue weighted by molar-refractivity contribution is 7.89. The average molecular weight is 1200 g/mol. The zero-order valence-corrected chi connectivity index (χ0v) is 49.1. The third kappa shape index (κ3) is 15.8. The van der Waals surface area contributed by atoms with Crippen molar-refractivity contribution in [3.63, 3.8) is 0 Å². The van der Waals surface area contributed by atoms with Crippen LogP contribution in [0.3, 0.4) is 0 Å². The number of sulfonamides is 1. The van der Waals surface area contributed by atoms with Crippen LogP contribution in [0.25, 0.3) is 33.4 Å². The van der Waals surface area contributed by atoms with Crippen molar-refractivity contribution in [2.75, 3.05) is 43.9 Å². The molecule has 0 bridgehead atoms. The second kappa shape index (κ2) is 27.9. The van der Waals surface area contributed by atoms with Crippen molar-refractivity contribution in [2.24, 2.45) is 21.7 Å². The van der Waals surface area contributed by atoms with Gasteiger partial charge in [-0.3, -0.25) is 34.1 Å². The summed E-state index contributed by atoms with van der Waals surface area (Å²) in [6, 6.07) is 24.8. The van der Waals surface area contributed by atoms with E-state index < -0.39 is 74.6 Å². The van der Waals surface area contributed by atoms with Crippen LogP contribution in [0.5, 0.6) is 5.75 Å². The fourth-order valence-corrected chi connectivity index (χ4v) is 11.2. The van der Waals surface area contributed by atoms with E-state index in [0.717, 1.165) is 5.69 Å². The number of aromatic hydroxyl groups is 1. The molecule has 0 saturated heterocycles. The first kappa shape index (κ1) is 64.0. The number of aryl methyl sites for hydroxylation is 2.